The standard InChI is InChI=1S/C19H31N3O4S/c1-6-22(7-2)27(24,25)18-10-17(9-8-14(18)3)20-19(23)13-21-11-15(4)26-16(5)12-21/h8-10,15-16H,6-7,11-13H2,1-5H3,(H,20,23). The minimum atomic E-state index is -3.58. The third kappa shape index (κ3) is 5.51. The fourth-order valence-corrected chi connectivity index (χ4v) is 5.18. The normalized spacial score (nSPS) is 21.4. The molecule has 1 heterocycles. The van der Waals surface area contributed by atoms with E-state index in [1.165, 1.54) is 4.31 Å². The number of aryl methyl sites for hydroxylation is 1. The molecule has 0 aliphatic carbocycles. The van der Waals surface area contributed by atoms with E-state index < -0.39 is 10.0 Å². The largest absolute Gasteiger partial charge is 0.373 e. The first-order chi connectivity index (χ1) is 12.7. The summed E-state index contributed by atoms with van der Waals surface area (Å²) in [7, 11) is -3.58. The molecule has 0 spiro atoms. The molecule has 0 saturated carbocycles. The van der Waals surface area contributed by atoms with Crippen molar-refractivity contribution in [1.29, 1.82) is 0 Å². The van der Waals surface area contributed by atoms with Gasteiger partial charge in [-0.05, 0) is 38.5 Å². The Morgan fingerprint density at radius 1 is 1.22 bits per heavy atom. The second-order valence-corrected chi connectivity index (χ2v) is 8.98. The topological polar surface area (TPSA) is 79.0 Å². The number of morpholine rings is 1. The number of nitrogens with one attached hydrogen (secondary N) is 1. The molecule has 1 aliphatic heterocycles. The number of benzene rings is 1. The highest BCUT2D eigenvalue weighted by Crippen LogP contribution is 2.23. The monoisotopic (exact) mass is 397 g/mol. The maximum Gasteiger partial charge on any atom is 0.243 e. The van der Waals surface area contributed by atoms with Gasteiger partial charge in [0, 0.05) is 31.9 Å². The van der Waals surface area contributed by atoms with Crippen LogP contribution in [0.15, 0.2) is 23.1 Å². The lowest BCUT2D eigenvalue weighted by Crippen LogP contribution is -2.48. The molecule has 2 unspecified atom stereocenters. The van der Waals surface area contributed by atoms with E-state index in [1.54, 1.807) is 25.1 Å². The van der Waals surface area contributed by atoms with E-state index in [2.05, 4.69) is 10.2 Å². The summed E-state index contributed by atoms with van der Waals surface area (Å²) in [5.41, 5.74) is 1.15. The van der Waals surface area contributed by atoms with Gasteiger partial charge in [0.2, 0.25) is 15.9 Å². The second-order valence-electron chi connectivity index (χ2n) is 7.07. The smallest absolute Gasteiger partial charge is 0.243 e. The molecular formula is C19H31N3O4S. The molecule has 7 nitrogen and oxygen atoms in total. The third-order valence-electron chi connectivity index (χ3n) is 4.66. The van der Waals surface area contributed by atoms with E-state index in [-0.39, 0.29) is 29.6 Å². The summed E-state index contributed by atoms with van der Waals surface area (Å²) < 4.78 is 32.8. The van der Waals surface area contributed by atoms with Crippen molar-refractivity contribution >= 4 is 21.6 Å². The molecule has 0 radical (unpaired) electrons. The maximum atomic E-state index is 12.8. The Kier molecular flexibility index (Phi) is 7.39. The van der Waals surface area contributed by atoms with Crippen LogP contribution in [0.1, 0.15) is 33.3 Å². The van der Waals surface area contributed by atoms with Crippen molar-refractivity contribution in [3.05, 3.63) is 23.8 Å². The number of carbonyl (C=O) groups is 1. The van der Waals surface area contributed by atoms with E-state index >= 15 is 0 Å². The molecule has 1 N–H and O–H groups in total. The SMILES string of the molecule is CCN(CC)S(=O)(=O)c1cc(NC(=O)CN2CC(C)OC(C)C2)ccc1C. The lowest BCUT2D eigenvalue weighted by Gasteiger charge is -2.34. The van der Waals surface area contributed by atoms with Crippen LogP contribution in [0.4, 0.5) is 5.69 Å². The molecule has 1 aliphatic rings. The van der Waals surface area contributed by atoms with E-state index in [4.69, 9.17) is 4.74 Å². The zero-order valence-electron chi connectivity index (χ0n) is 16.9. The highest BCUT2D eigenvalue weighted by Gasteiger charge is 2.25. The van der Waals surface area contributed by atoms with Gasteiger partial charge in [0.05, 0.1) is 23.6 Å². The van der Waals surface area contributed by atoms with Gasteiger partial charge in [-0.3, -0.25) is 9.69 Å². The zero-order chi connectivity index (χ0) is 20.2. The molecule has 2 atom stereocenters. The van der Waals surface area contributed by atoms with Gasteiger partial charge in [-0.25, -0.2) is 8.42 Å². The van der Waals surface area contributed by atoms with Gasteiger partial charge < -0.3 is 10.1 Å². The number of carbonyl (C=O) groups excluding carboxylic acids is 1. The van der Waals surface area contributed by atoms with Gasteiger partial charge in [0.1, 0.15) is 0 Å². The van der Waals surface area contributed by atoms with Crippen molar-refractivity contribution < 1.29 is 17.9 Å². The Hall–Kier alpha value is -1.48. The van der Waals surface area contributed by atoms with Crippen molar-refractivity contribution in [2.45, 2.75) is 51.7 Å². The Morgan fingerprint density at radius 2 is 1.81 bits per heavy atom. The van der Waals surface area contributed by atoms with Crippen molar-refractivity contribution in [3.8, 4) is 0 Å². The van der Waals surface area contributed by atoms with Gasteiger partial charge in [-0.1, -0.05) is 19.9 Å². The van der Waals surface area contributed by atoms with E-state index in [0.717, 1.165) is 0 Å². The lowest BCUT2D eigenvalue weighted by atomic mass is 10.2. The summed E-state index contributed by atoms with van der Waals surface area (Å²) in [5.74, 6) is -0.161. The predicted octanol–water partition coefficient (Wildman–Crippen LogP) is 2.07. The van der Waals surface area contributed by atoms with Crippen LogP contribution in [0.3, 0.4) is 0 Å². The van der Waals surface area contributed by atoms with E-state index in [0.29, 0.717) is 37.4 Å². The average molecular weight is 398 g/mol. The van der Waals surface area contributed by atoms with Crippen LogP contribution in [0.25, 0.3) is 0 Å². The Balaban J connectivity index is 2.12. The first-order valence-corrected chi connectivity index (χ1v) is 10.9. The molecule has 8 heteroatoms. The first-order valence-electron chi connectivity index (χ1n) is 9.45. The van der Waals surface area contributed by atoms with Gasteiger partial charge in [0.15, 0.2) is 0 Å². The van der Waals surface area contributed by atoms with Gasteiger partial charge >= 0.3 is 0 Å². The number of nitrogens with zero attached hydrogens (tertiary/aromatic N) is 2. The van der Waals surface area contributed by atoms with Gasteiger partial charge in [0.25, 0.3) is 0 Å². The van der Waals surface area contributed by atoms with Gasteiger partial charge in [-0.15, -0.1) is 0 Å². The summed E-state index contributed by atoms with van der Waals surface area (Å²) in [6, 6.07) is 5.01. The predicted molar refractivity (Wildman–Crippen MR) is 106 cm³/mol. The lowest BCUT2D eigenvalue weighted by molar-refractivity contribution is -0.121. The summed E-state index contributed by atoms with van der Waals surface area (Å²) in [6.07, 6.45) is 0.179. The summed E-state index contributed by atoms with van der Waals surface area (Å²) in [5, 5.41) is 2.83. The molecule has 1 amide bonds. The number of amides is 1. The molecule has 152 valence electrons. The fraction of sp³-hybridized carbons (Fsp3) is 0.632. The molecule has 0 bridgehead atoms. The first kappa shape index (κ1) is 21.8. The van der Waals surface area contributed by atoms with Crippen LogP contribution in [0.2, 0.25) is 0 Å². The number of ether oxygens (including phenoxy) is 1. The van der Waals surface area contributed by atoms with Crippen LogP contribution in [-0.2, 0) is 19.6 Å². The summed E-state index contributed by atoms with van der Waals surface area (Å²) in [6.45, 7) is 11.8. The summed E-state index contributed by atoms with van der Waals surface area (Å²) >= 11 is 0. The van der Waals surface area contributed by atoms with Crippen LogP contribution in [0.5, 0.6) is 0 Å². The fourth-order valence-electron chi connectivity index (χ4n) is 3.48. The van der Waals surface area contributed by atoms with Crippen molar-refractivity contribution in [1.82, 2.24) is 9.21 Å². The number of rotatable bonds is 7. The second kappa shape index (κ2) is 9.14. The van der Waals surface area contributed by atoms with E-state index in [9.17, 15) is 13.2 Å². The number of anilines is 1. The van der Waals surface area contributed by atoms with E-state index in [1.807, 2.05) is 27.7 Å². The molecule has 0 aromatic heterocycles. The molecular weight excluding hydrogens is 366 g/mol. The number of sulfonamides is 1. The zero-order valence-corrected chi connectivity index (χ0v) is 17.7. The molecule has 1 aromatic carbocycles. The molecule has 27 heavy (non-hydrogen) atoms. The van der Waals surface area contributed by atoms with Crippen LogP contribution in [0, 0.1) is 6.92 Å². The highest BCUT2D eigenvalue weighted by molar-refractivity contribution is 7.89. The Morgan fingerprint density at radius 3 is 2.37 bits per heavy atom. The molecule has 1 saturated heterocycles. The van der Waals surface area contributed by atoms with Crippen molar-refractivity contribution in [2.24, 2.45) is 0 Å². The minimum absolute atomic E-state index is 0.0896. The third-order valence-corrected chi connectivity index (χ3v) is 6.85. The van der Waals surface area contributed by atoms with Crippen LogP contribution < -0.4 is 5.32 Å². The van der Waals surface area contributed by atoms with Crippen molar-refractivity contribution in [3.63, 3.8) is 0 Å². The van der Waals surface area contributed by atoms with Crippen molar-refractivity contribution in [2.75, 3.05) is 38.0 Å². The van der Waals surface area contributed by atoms with Gasteiger partial charge in [-0.2, -0.15) is 4.31 Å². The summed E-state index contributed by atoms with van der Waals surface area (Å²) in [4.78, 5) is 14.7. The number of hydrogen-bond donors (Lipinski definition) is 1. The highest BCUT2D eigenvalue weighted by atomic mass is 32.2. The maximum absolute atomic E-state index is 12.8. The molecule has 1 aromatic rings. The Bertz CT molecular complexity index is 752. The minimum Gasteiger partial charge on any atom is -0.373 e. The Labute approximate surface area is 162 Å². The number of hydrogen-bond acceptors (Lipinski definition) is 5. The molecule has 2 rings (SSSR count). The van der Waals surface area contributed by atoms with Crippen LogP contribution >= 0.6 is 0 Å². The molecule has 1 fully saturated rings. The average Bonchev–Trinajstić information content (AvgIpc) is 2.56. The quantitative estimate of drug-likeness (QED) is 0.762. The van der Waals surface area contributed by atoms with Crippen LogP contribution in [-0.4, -0.2) is 68.5 Å².